The van der Waals surface area contributed by atoms with E-state index in [0.29, 0.717) is 0 Å². The van der Waals surface area contributed by atoms with E-state index in [9.17, 15) is 0 Å². The number of hydrogen-bond acceptors (Lipinski definition) is 6. The molecule has 0 amide bonds. The first-order valence-corrected chi connectivity index (χ1v) is 8.96. The topological polar surface area (TPSA) is 55.1 Å². The Morgan fingerprint density at radius 1 is 1.21 bits per heavy atom. The second kappa shape index (κ2) is 7.68. The number of aryl methyl sites for hydroxylation is 2. The van der Waals surface area contributed by atoms with Crippen molar-refractivity contribution in [1.29, 1.82) is 0 Å². The first-order valence-electron chi connectivity index (χ1n) is 8.15. The lowest BCUT2D eigenvalue weighted by Gasteiger charge is -2.22. The zero-order chi connectivity index (χ0) is 16.9. The summed E-state index contributed by atoms with van der Waals surface area (Å²) in [4.78, 5) is 2.30. The molecule has 0 bridgehead atoms. The van der Waals surface area contributed by atoms with Crippen molar-refractivity contribution in [1.82, 2.24) is 20.3 Å². The van der Waals surface area contributed by atoms with Crippen LogP contribution in [-0.2, 0) is 6.42 Å². The highest BCUT2D eigenvalue weighted by Gasteiger charge is 2.16. The van der Waals surface area contributed by atoms with E-state index in [1.165, 1.54) is 0 Å². The van der Waals surface area contributed by atoms with Crippen LogP contribution >= 0.6 is 11.3 Å². The molecule has 0 N–H and O–H groups in total. The summed E-state index contributed by atoms with van der Waals surface area (Å²) in [5, 5.41) is 14.6. The average molecular weight is 342 g/mol. The summed E-state index contributed by atoms with van der Waals surface area (Å²) in [7, 11) is 2.12. The molecule has 24 heavy (non-hydrogen) atoms. The number of aromatic nitrogens is 3. The average Bonchev–Trinajstić information content (AvgIpc) is 3.24. The first kappa shape index (κ1) is 16.8. The maximum Gasteiger partial charge on any atom is 0.137 e. The molecule has 0 spiro atoms. The Hall–Kier alpha value is -2.05. The van der Waals surface area contributed by atoms with Crippen LogP contribution in [-0.4, -0.2) is 33.8 Å². The van der Waals surface area contributed by atoms with Crippen LogP contribution in [0.2, 0.25) is 0 Å². The Morgan fingerprint density at radius 3 is 2.71 bits per heavy atom. The second-order valence-electron chi connectivity index (χ2n) is 5.96. The Balaban J connectivity index is 1.50. The Bertz CT molecular complexity index is 768. The van der Waals surface area contributed by atoms with Crippen LogP contribution in [0, 0.1) is 6.92 Å². The van der Waals surface area contributed by atoms with E-state index in [-0.39, 0.29) is 6.04 Å². The van der Waals surface area contributed by atoms with Gasteiger partial charge in [0.2, 0.25) is 0 Å². The minimum absolute atomic E-state index is 0.283. The lowest BCUT2D eigenvalue weighted by Crippen LogP contribution is -2.23. The minimum atomic E-state index is 0.283. The quantitative estimate of drug-likeness (QED) is 0.646. The SMILES string of the molecule is Cc1nnc([C@@H](C)N(C)CCCc2cc(-c3ccccc3)no2)s1. The molecule has 3 aromatic rings. The third kappa shape index (κ3) is 4.07. The summed E-state index contributed by atoms with van der Waals surface area (Å²) >= 11 is 1.66. The van der Waals surface area contributed by atoms with Crippen molar-refractivity contribution >= 4 is 11.3 Å². The monoisotopic (exact) mass is 342 g/mol. The minimum Gasteiger partial charge on any atom is -0.361 e. The first-order chi connectivity index (χ1) is 11.6. The third-order valence-electron chi connectivity index (χ3n) is 4.12. The van der Waals surface area contributed by atoms with Gasteiger partial charge in [-0.05, 0) is 33.9 Å². The van der Waals surface area contributed by atoms with Crippen molar-refractivity contribution in [3.05, 3.63) is 52.2 Å². The van der Waals surface area contributed by atoms with Crippen LogP contribution in [0.15, 0.2) is 40.9 Å². The fraction of sp³-hybridized carbons (Fsp3) is 0.389. The van der Waals surface area contributed by atoms with Crippen LogP contribution in [0.25, 0.3) is 11.3 Å². The number of hydrogen-bond donors (Lipinski definition) is 0. The van der Waals surface area contributed by atoms with Crippen LogP contribution < -0.4 is 0 Å². The molecule has 0 aliphatic carbocycles. The highest BCUT2D eigenvalue weighted by molar-refractivity contribution is 7.11. The normalized spacial score (nSPS) is 12.7. The van der Waals surface area contributed by atoms with Crippen LogP contribution in [0.3, 0.4) is 0 Å². The molecule has 0 radical (unpaired) electrons. The lowest BCUT2D eigenvalue weighted by atomic mass is 10.1. The van der Waals surface area contributed by atoms with Gasteiger partial charge < -0.3 is 4.52 Å². The van der Waals surface area contributed by atoms with Gasteiger partial charge in [0, 0.05) is 18.1 Å². The van der Waals surface area contributed by atoms with Gasteiger partial charge in [-0.1, -0.05) is 35.5 Å². The number of benzene rings is 1. The van der Waals surface area contributed by atoms with Crippen molar-refractivity contribution in [2.45, 2.75) is 32.7 Å². The third-order valence-corrected chi connectivity index (χ3v) is 5.13. The van der Waals surface area contributed by atoms with Gasteiger partial charge in [0.15, 0.2) is 0 Å². The second-order valence-corrected chi connectivity index (χ2v) is 7.18. The molecule has 2 aromatic heterocycles. The van der Waals surface area contributed by atoms with Gasteiger partial charge >= 0.3 is 0 Å². The largest absolute Gasteiger partial charge is 0.361 e. The van der Waals surface area contributed by atoms with Crippen LogP contribution in [0.5, 0.6) is 0 Å². The van der Waals surface area contributed by atoms with Gasteiger partial charge in [0.1, 0.15) is 21.5 Å². The molecule has 6 heteroatoms. The van der Waals surface area contributed by atoms with Crippen LogP contribution in [0.1, 0.15) is 35.2 Å². The van der Waals surface area contributed by atoms with Gasteiger partial charge in [-0.15, -0.1) is 21.5 Å². The number of nitrogens with zero attached hydrogens (tertiary/aromatic N) is 4. The lowest BCUT2D eigenvalue weighted by molar-refractivity contribution is 0.253. The van der Waals surface area contributed by atoms with Crippen molar-refractivity contribution < 1.29 is 4.52 Å². The maximum atomic E-state index is 5.46. The Morgan fingerprint density at radius 2 is 2.00 bits per heavy atom. The van der Waals surface area contributed by atoms with E-state index >= 15 is 0 Å². The Labute approximate surface area is 146 Å². The van der Waals surface area contributed by atoms with Crippen molar-refractivity contribution in [3.8, 4) is 11.3 Å². The fourth-order valence-corrected chi connectivity index (χ4v) is 3.36. The molecule has 1 aromatic carbocycles. The van der Waals surface area contributed by atoms with E-state index < -0.39 is 0 Å². The summed E-state index contributed by atoms with van der Waals surface area (Å²) in [6, 6.07) is 12.4. The molecule has 1 atom stereocenters. The molecular weight excluding hydrogens is 320 g/mol. The van der Waals surface area contributed by atoms with Gasteiger partial charge in [-0.3, -0.25) is 4.90 Å². The van der Waals surface area contributed by atoms with Gasteiger partial charge in [-0.2, -0.15) is 0 Å². The zero-order valence-corrected chi connectivity index (χ0v) is 15.1. The van der Waals surface area contributed by atoms with Gasteiger partial charge in [0.25, 0.3) is 0 Å². The highest BCUT2D eigenvalue weighted by atomic mass is 32.1. The summed E-state index contributed by atoms with van der Waals surface area (Å²) < 4.78 is 5.46. The standard InChI is InChI=1S/C18H22N4OS/c1-13(18-20-19-14(2)24-18)22(3)11-7-10-16-12-17(21-23-16)15-8-5-4-6-9-15/h4-6,8-9,12-13H,7,10-11H2,1-3H3/t13-/m1/s1. The molecule has 5 nitrogen and oxygen atoms in total. The van der Waals surface area contributed by atoms with Crippen molar-refractivity contribution in [3.63, 3.8) is 0 Å². The van der Waals surface area contributed by atoms with E-state index in [1.54, 1.807) is 11.3 Å². The molecule has 0 saturated carbocycles. The molecule has 0 fully saturated rings. The van der Waals surface area contributed by atoms with E-state index in [0.717, 1.165) is 46.4 Å². The van der Waals surface area contributed by atoms with E-state index in [2.05, 4.69) is 34.2 Å². The smallest absolute Gasteiger partial charge is 0.137 e. The van der Waals surface area contributed by atoms with E-state index in [1.807, 2.05) is 43.3 Å². The predicted molar refractivity (Wildman–Crippen MR) is 96.0 cm³/mol. The van der Waals surface area contributed by atoms with Crippen LogP contribution in [0.4, 0.5) is 0 Å². The fourth-order valence-electron chi connectivity index (χ4n) is 2.54. The highest BCUT2D eigenvalue weighted by Crippen LogP contribution is 2.23. The predicted octanol–water partition coefficient (Wildman–Crippen LogP) is 4.13. The Kier molecular flexibility index (Phi) is 5.37. The summed E-state index contributed by atoms with van der Waals surface area (Å²) in [5.74, 6) is 0.932. The molecule has 0 aliphatic rings. The van der Waals surface area contributed by atoms with Gasteiger partial charge in [0.05, 0.1) is 6.04 Å². The summed E-state index contributed by atoms with van der Waals surface area (Å²) in [5.41, 5.74) is 1.99. The molecule has 0 aliphatic heterocycles. The molecule has 2 heterocycles. The van der Waals surface area contributed by atoms with E-state index in [4.69, 9.17) is 4.52 Å². The molecule has 3 rings (SSSR count). The molecule has 126 valence electrons. The molecular formula is C18H22N4OS. The van der Waals surface area contributed by atoms with Crippen molar-refractivity contribution in [2.75, 3.05) is 13.6 Å². The summed E-state index contributed by atoms with van der Waals surface area (Å²) in [6.07, 6.45) is 1.90. The van der Waals surface area contributed by atoms with Crippen molar-refractivity contribution in [2.24, 2.45) is 0 Å². The molecule has 0 unspecified atom stereocenters. The molecule has 0 saturated heterocycles. The number of rotatable bonds is 7. The maximum absolute atomic E-state index is 5.46. The summed E-state index contributed by atoms with van der Waals surface area (Å²) in [6.45, 7) is 5.13. The zero-order valence-electron chi connectivity index (χ0n) is 14.3. The van der Waals surface area contributed by atoms with Gasteiger partial charge in [-0.25, -0.2) is 0 Å².